The molecule has 0 fully saturated rings. The van der Waals surface area contributed by atoms with Gasteiger partial charge < -0.3 is 15.3 Å². The van der Waals surface area contributed by atoms with Crippen molar-refractivity contribution in [2.24, 2.45) is 0 Å². The number of benzene rings is 2. The van der Waals surface area contributed by atoms with E-state index in [0.29, 0.717) is 0 Å². The summed E-state index contributed by atoms with van der Waals surface area (Å²) < 4.78 is 13.7. The Balaban J connectivity index is 2.56. The molecule has 0 radical (unpaired) electrons. The van der Waals surface area contributed by atoms with Crippen LogP contribution in [0.3, 0.4) is 0 Å². The lowest BCUT2D eigenvalue weighted by Crippen LogP contribution is -1.99. The van der Waals surface area contributed by atoms with Gasteiger partial charge in [0.05, 0.1) is 5.56 Å². The largest absolute Gasteiger partial charge is 0.507 e. The third kappa shape index (κ3) is 2.44. The summed E-state index contributed by atoms with van der Waals surface area (Å²) in [6.07, 6.45) is 0. The van der Waals surface area contributed by atoms with Gasteiger partial charge in [-0.1, -0.05) is 6.07 Å². The second kappa shape index (κ2) is 5.00. The zero-order chi connectivity index (χ0) is 14.9. The quantitative estimate of drug-likeness (QED) is 0.800. The summed E-state index contributed by atoms with van der Waals surface area (Å²) in [6, 6.07) is 6.74. The molecule has 0 heterocycles. The van der Waals surface area contributed by atoms with Crippen molar-refractivity contribution in [2.75, 3.05) is 0 Å². The van der Waals surface area contributed by atoms with Crippen LogP contribution in [0.15, 0.2) is 36.4 Å². The average Bonchev–Trinajstić information content (AvgIpc) is 2.38. The molecule has 20 heavy (non-hydrogen) atoms. The molecule has 0 atom stereocenters. The normalized spacial score (nSPS) is 10.2. The number of hydrogen-bond acceptors (Lipinski definition) is 3. The second-order valence-electron chi connectivity index (χ2n) is 4.04. The summed E-state index contributed by atoms with van der Waals surface area (Å²) in [5.41, 5.74) is -0.267. The summed E-state index contributed by atoms with van der Waals surface area (Å²) in [5.74, 6) is -3.71. The van der Waals surface area contributed by atoms with Gasteiger partial charge in [-0.05, 0) is 35.9 Å². The predicted molar refractivity (Wildman–Crippen MR) is 67.4 cm³/mol. The minimum atomic E-state index is -1.31. The first kappa shape index (κ1) is 13.5. The summed E-state index contributed by atoms with van der Waals surface area (Å²) in [6.45, 7) is 0. The van der Waals surface area contributed by atoms with Gasteiger partial charge >= 0.3 is 11.9 Å². The Morgan fingerprint density at radius 1 is 0.950 bits per heavy atom. The number of carboxylic acid groups (broad SMARTS) is 2. The van der Waals surface area contributed by atoms with Crippen LogP contribution in [0.2, 0.25) is 0 Å². The maximum Gasteiger partial charge on any atom is 0.339 e. The highest BCUT2D eigenvalue weighted by atomic mass is 19.1. The highest BCUT2D eigenvalue weighted by Gasteiger charge is 2.14. The van der Waals surface area contributed by atoms with E-state index >= 15 is 0 Å². The maximum absolute atomic E-state index is 13.7. The molecule has 0 aliphatic carbocycles. The third-order valence-electron chi connectivity index (χ3n) is 2.75. The number of aromatic hydroxyl groups is 1. The fourth-order valence-corrected chi connectivity index (χ4v) is 1.76. The Morgan fingerprint density at radius 3 is 2.20 bits per heavy atom. The third-order valence-corrected chi connectivity index (χ3v) is 2.75. The Hall–Kier alpha value is -2.89. The van der Waals surface area contributed by atoms with Gasteiger partial charge in [-0.25, -0.2) is 14.0 Å². The number of halogens is 1. The Labute approximate surface area is 112 Å². The van der Waals surface area contributed by atoms with Crippen LogP contribution >= 0.6 is 0 Å². The number of carbonyl (C=O) groups is 2. The van der Waals surface area contributed by atoms with Crippen LogP contribution in [0.1, 0.15) is 20.7 Å². The van der Waals surface area contributed by atoms with Gasteiger partial charge in [-0.15, -0.1) is 0 Å². The molecule has 102 valence electrons. The molecule has 0 saturated heterocycles. The van der Waals surface area contributed by atoms with E-state index in [0.717, 1.165) is 30.3 Å². The van der Waals surface area contributed by atoms with Crippen LogP contribution in [-0.4, -0.2) is 27.3 Å². The van der Waals surface area contributed by atoms with E-state index in [4.69, 9.17) is 10.2 Å². The molecule has 2 aromatic rings. The van der Waals surface area contributed by atoms with Crippen LogP contribution in [0, 0.1) is 5.82 Å². The van der Waals surface area contributed by atoms with Gasteiger partial charge in [0.25, 0.3) is 0 Å². The molecule has 0 unspecified atom stereocenters. The summed E-state index contributed by atoms with van der Waals surface area (Å²) in [4.78, 5) is 21.6. The van der Waals surface area contributed by atoms with Crippen molar-refractivity contribution in [2.45, 2.75) is 0 Å². The van der Waals surface area contributed by atoms with E-state index in [2.05, 4.69) is 0 Å². The first-order chi connectivity index (χ1) is 9.40. The minimum absolute atomic E-state index is 0.0304. The van der Waals surface area contributed by atoms with Crippen molar-refractivity contribution in [3.8, 4) is 16.9 Å². The van der Waals surface area contributed by atoms with Gasteiger partial charge in [-0.3, -0.25) is 0 Å². The van der Waals surface area contributed by atoms with Crippen molar-refractivity contribution in [3.05, 3.63) is 53.3 Å². The average molecular weight is 276 g/mol. The highest BCUT2D eigenvalue weighted by Crippen LogP contribution is 2.29. The molecule has 6 heteroatoms. The topological polar surface area (TPSA) is 94.8 Å². The number of hydrogen-bond donors (Lipinski definition) is 3. The lowest BCUT2D eigenvalue weighted by atomic mass is 10.0. The highest BCUT2D eigenvalue weighted by molar-refractivity contribution is 5.92. The zero-order valence-electron chi connectivity index (χ0n) is 10.0. The summed E-state index contributed by atoms with van der Waals surface area (Å²) in [5, 5.41) is 27.2. The van der Waals surface area contributed by atoms with Crippen LogP contribution in [0.4, 0.5) is 4.39 Å². The molecule has 2 aromatic carbocycles. The van der Waals surface area contributed by atoms with Gasteiger partial charge in [-0.2, -0.15) is 0 Å². The van der Waals surface area contributed by atoms with Crippen LogP contribution in [-0.2, 0) is 0 Å². The first-order valence-electron chi connectivity index (χ1n) is 5.49. The zero-order valence-corrected chi connectivity index (χ0v) is 10.0. The Morgan fingerprint density at radius 2 is 1.65 bits per heavy atom. The number of phenols is 1. The fraction of sp³-hybridized carbons (Fsp3) is 0. The lowest BCUT2D eigenvalue weighted by Gasteiger charge is -2.07. The predicted octanol–water partition coefficient (Wildman–Crippen LogP) is 2.59. The molecule has 0 aliphatic rings. The van der Waals surface area contributed by atoms with Gasteiger partial charge in [0.1, 0.15) is 17.1 Å². The van der Waals surface area contributed by atoms with Crippen molar-refractivity contribution in [1.82, 2.24) is 0 Å². The van der Waals surface area contributed by atoms with Gasteiger partial charge in [0.2, 0.25) is 0 Å². The maximum atomic E-state index is 13.7. The Kier molecular flexibility index (Phi) is 3.39. The summed E-state index contributed by atoms with van der Waals surface area (Å²) in [7, 11) is 0. The molecule has 0 amide bonds. The van der Waals surface area contributed by atoms with Crippen molar-refractivity contribution in [3.63, 3.8) is 0 Å². The van der Waals surface area contributed by atoms with Crippen LogP contribution in [0.5, 0.6) is 5.75 Å². The molecular weight excluding hydrogens is 267 g/mol. The molecule has 0 bridgehead atoms. The molecule has 0 aliphatic heterocycles. The van der Waals surface area contributed by atoms with E-state index in [-0.39, 0.29) is 22.3 Å². The van der Waals surface area contributed by atoms with E-state index in [1.54, 1.807) is 0 Å². The molecular formula is C14H9FO5. The molecule has 5 nitrogen and oxygen atoms in total. The second-order valence-corrected chi connectivity index (χ2v) is 4.04. The van der Waals surface area contributed by atoms with Crippen molar-refractivity contribution < 1.29 is 29.3 Å². The smallest absolute Gasteiger partial charge is 0.339 e. The van der Waals surface area contributed by atoms with Gasteiger partial charge in [0, 0.05) is 5.56 Å². The SMILES string of the molecule is O=C(O)c1ccc(F)c(-c2ccc(C(=O)O)c(O)c2)c1. The monoisotopic (exact) mass is 276 g/mol. The minimum Gasteiger partial charge on any atom is -0.507 e. The standard InChI is InChI=1S/C14H9FO5/c15-11-4-2-8(13(17)18)5-10(11)7-1-3-9(14(19)20)12(16)6-7/h1-6,16H,(H,17,18)(H,19,20). The molecule has 2 rings (SSSR count). The first-order valence-corrected chi connectivity index (χ1v) is 5.49. The number of rotatable bonds is 3. The lowest BCUT2D eigenvalue weighted by molar-refractivity contribution is 0.0684. The molecule has 3 N–H and O–H groups in total. The van der Waals surface area contributed by atoms with Gasteiger partial charge in [0.15, 0.2) is 0 Å². The van der Waals surface area contributed by atoms with E-state index < -0.39 is 23.5 Å². The Bertz CT molecular complexity index is 709. The van der Waals surface area contributed by atoms with E-state index in [1.165, 1.54) is 6.07 Å². The summed E-state index contributed by atoms with van der Waals surface area (Å²) >= 11 is 0. The molecule has 0 aromatic heterocycles. The fourth-order valence-electron chi connectivity index (χ4n) is 1.76. The van der Waals surface area contributed by atoms with E-state index in [9.17, 15) is 19.1 Å². The van der Waals surface area contributed by atoms with Crippen LogP contribution < -0.4 is 0 Å². The van der Waals surface area contributed by atoms with Crippen LogP contribution in [0.25, 0.3) is 11.1 Å². The number of carboxylic acids is 2. The van der Waals surface area contributed by atoms with Crippen molar-refractivity contribution >= 4 is 11.9 Å². The number of aromatic carboxylic acids is 2. The molecule has 0 saturated carbocycles. The molecule has 0 spiro atoms. The van der Waals surface area contributed by atoms with Crippen molar-refractivity contribution in [1.29, 1.82) is 0 Å². The van der Waals surface area contributed by atoms with E-state index in [1.807, 2.05) is 0 Å².